The van der Waals surface area contributed by atoms with Crippen LogP contribution in [0, 0.1) is 13.7 Å². The molecule has 106 valence electrons. The Kier molecular flexibility index (Phi) is 3.91. The number of nitrogens with one attached hydrogen (secondary N) is 1. The zero-order valence-corrected chi connectivity index (χ0v) is 13.9. The number of hydrogen-bond acceptors (Lipinski definition) is 6. The number of aromatic nitrogens is 2. The molecule has 0 saturated carbocycles. The first-order chi connectivity index (χ1) is 10.1. The Balaban J connectivity index is 2.03. The third kappa shape index (κ3) is 2.78. The van der Waals surface area contributed by atoms with Crippen LogP contribution in [0.3, 0.4) is 0 Å². The maximum atomic E-state index is 10.8. The topological polar surface area (TPSA) is 81.0 Å². The summed E-state index contributed by atoms with van der Waals surface area (Å²) in [7, 11) is 0. The molecule has 1 N–H and O–H groups in total. The minimum Gasteiger partial charge on any atom is -0.352 e. The summed E-state index contributed by atoms with van der Waals surface area (Å²) in [6, 6.07) is 8.32. The molecule has 3 rings (SSSR count). The van der Waals surface area contributed by atoms with Gasteiger partial charge in [0.05, 0.1) is 30.9 Å². The molecule has 0 saturated heterocycles. The Labute approximate surface area is 141 Å². The van der Waals surface area contributed by atoms with Gasteiger partial charge in [-0.15, -0.1) is 0 Å². The van der Waals surface area contributed by atoms with Crippen LogP contribution in [-0.4, -0.2) is 13.7 Å². The fraction of sp³-hybridized carbons (Fsp3) is 0. The van der Waals surface area contributed by atoms with Gasteiger partial charge in [0.15, 0.2) is 0 Å². The molecular formula is C12H6ClIN4O2S. The monoisotopic (exact) mass is 432 g/mol. The van der Waals surface area contributed by atoms with E-state index in [4.69, 9.17) is 11.6 Å². The molecule has 6 nitrogen and oxygen atoms in total. The van der Waals surface area contributed by atoms with Crippen LogP contribution >= 0.6 is 45.9 Å². The van der Waals surface area contributed by atoms with Crippen molar-refractivity contribution in [3.05, 3.63) is 49.0 Å². The molecule has 3 aromatic rings. The molecule has 0 fully saturated rings. The SMILES string of the molecule is O=[N+]([O-])c1ccc(Nc2c(Cl)ccc3nsnc23)cc1I. The van der Waals surface area contributed by atoms with Crippen molar-refractivity contribution < 1.29 is 4.92 Å². The van der Waals surface area contributed by atoms with Crippen LogP contribution in [0.25, 0.3) is 11.0 Å². The molecule has 0 aliphatic carbocycles. The van der Waals surface area contributed by atoms with Crippen LogP contribution in [0.15, 0.2) is 30.3 Å². The number of benzene rings is 2. The lowest BCUT2D eigenvalue weighted by Crippen LogP contribution is -1.96. The van der Waals surface area contributed by atoms with Crippen LogP contribution < -0.4 is 5.32 Å². The van der Waals surface area contributed by atoms with Gasteiger partial charge in [0.1, 0.15) is 11.0 Å². The molecule has 9 heteroatoms. The molecule has 1 aromatic heterocycles. The molecule has 1 heterocycles. The summed E-state index contributed by atoms with van der Waals surface area (Å²) in [5.74, 6) is 0. The van der Waals surface area contributed by atoms with E-state index in [1.807, 2.05) is 22.6 Å². The Morgan fingerprint density at radius 2 is 2.10 bits per heavy atom. The van der Waals surface area contributed by atoms with Crippen molar-refractivity contribution in [1.82, 2.24) is 8.75 Å². The minimum absolute atomic E-state index is 0.0702. The number of fused-ring (bicyclic) bond motifs is 1. The molecule has 0 radical (unpaired) electrons. The van der Waals surface area contributed by atoms with Crippen LogP contribution in [0.1, 0.15) is 0 Å². The number of anilines is 2. The van der Waals surface area contributed by atoms with Gasteiger partial charge in [-0.2, -0.15) is 8.75 Å². The first-order valence-electron chi connectivity index (χ1n) is 5.68. The summed E-state index contributed by atoms with van der Waals surface area (Å²) in [4.78, 5) is 10.4. The van der Waals surface area contributed by atoms with Gasteiger partial charge in [0.2, 0.25) is 0 Å². The lowest BCUT2D eigenvalue weighted by atomic mass is 10.2. The Morgan fingerprint density at radius 3 is 2.81 bits per heavy atom. The first kappa shape index (κ1) is 14.4. The van der Waals surface area contributed by atoms with E-state index in [9.17, 15) is 10.1 Å². The van der Waals surface area contributed by atoms with Crippen molar-refractivity contribution in [2.45, 2.75) is 0 Å². The van der Waals surface area contributed by atoms with Crippen molar-refractivity contribution in [2.24, 2.45) is 0 Å². The quantitative estimate of drug-likeness (QED) is 0.372. The Morgan fingerprint density at radius 1 is 1.29 bits per heavy atom. The van der Waals surface area contributed by atoms with Crippen molar-refractivity contribution in [1.29, 1.82) is 0 Å². The summed E-state index contributed by atoms with van der Waals surface area (Å²) < 4.78 is 8.92. The third-order valence-corrected chi connectivity index (χ3v) is 4.51. The van der Waals surface area contributed by atoms with Crippen molar-refractivity contribution in [2.75, 3.05) is 5.32 Å². The highest BCUT2D eigenvalue weighted by molar-refractivity contribution is 14.1. The summed E-state index contributed by atoms with van der Waals surface area (Å²) >= 11 is 9.23. The highest BCUT2D eigenvalue weighted by Gasteiger charge is 2.14. The summed E-state index contributed by atoms with van der Waals surface area (Å²) in [6.07, 6.45) is 0. The lowest BCUT2D eigenvalue weighted by molar-refractivity contribution is -0.385. The Hall–Kier alpha value is -1.52. The van der Waals surface area contributed by atoms with Crippen LogP contribution in [0.5, 0.6) is 0 Å². The van der Waals surface area contributed by atoms with E-state index in [1.165, 1.54) is 6.07 Å². The van der Waals surface area contributed by atoms with Gasteiger partial charge < -0.3 is 5.32 Å². The summed E-state index contributed by atoms with van der Waals surface area (Å²) in [5.41, 5.74) is 2.85. The Bertz CT molecular complexity index is 854. The predicted molar refractivity (Wildman–Crippen MR) is 91.5 cm³/mol. The fourth-order valence-corrected chi connectivity index (χ4v) is 3.28. The molecular weight excluding hydrogens is 427 g/mol. The second-order valence-corrected chi connectivity index (χ2v) is 6.20. The van der Waals surface area contributed by atoms with E-state index in [0.717, 1.165) is 17.2 Å². The maximum absolute atomic E-state index is 10.8. The fourth-order valence-electron chi connectivity index (χ4n) is 1.82. The van der Waals surface area contributed by atoms with Crippen molar-refractivity contribution in [3.63, 3.8) is 0 Å². The lowest BCUT2D eigenvalue weighted by Gasteiger charge is -2.09. The average molecular weight is 433 g/mol. The molecule has 2 aromatic carbocycles. The van der Waals surface area contributed by atoms with Gasteiger partial charge in [-0.3, -0.25) is 10.1 Å². The van der Waals surface area contributed by atoms with Crippen LogP contribution in [-0.2, 0) is 0 Å². The van der Waals surface area contributed by atoms with Gasteiger partial charge >= 0.3 is 0 Å². The standard InChI is InChI=1S/C12H6ClIN4O2S/c13-7-2-3-9-12(17-21-16-9)11(7)15-6-1-4-10(18(19)20)8(14)5-6/h1-5,15H. The van der Waals surface area contributed by atoms with E-state index < -0.39 is 4.92 Å². The van der Waals surface area contributed by atoms with Gasteiger partial charge in [-0.1, -0.05) is 11.6 Å². The van der Waals surface area contributed by atoms with E-state index in [0.29, 0.717) is 25.5 Å². The first-order valence-corrected chi connectivity index (χ1v) is 7.86. The maximum Gasteiger partial charge on any atom is 0.282 e. The van der Waals surface area contributed by atoms with Crippen LogP contribution in [0.4, 0.5) is 17.1 Å². The van der Waals surface area contributed by atoms with Gasteiger partial charge in [-0.25, -0.2) is 0 Å². The summed E-state index contributed by atoms with van der Waals surface area (Å²) in [5, 5.41) is 14.5. The van der Waals surface area contributed by atoms with Gasteiger partial charge in [0, 0.05) is 11.8 Å². The largest absolute Gasteiger partial charge is 0.352 e. The molecule has 21 heavy (non-hydrogen) atoms. The molecule has 0 unspecified atom stereocenters. The normalized spacial score (nSPS) is 10.8. The predicted octanol–water partition coefficient (Wildman–Crippen LogP) is 4.60. The van der Waals surface area contributed by atoms with Crippen molar-refractivity contribution in [3.8, 4) is 0 Å². The van der Waals surface area contributed by atoms with E-state index in [2.05, 4.69) is 14.1 Å². The van der Waals surface area contributed by atoms with Crippen LogP contribution in [0.2, 0.25) is 5.02 Å². The number of nitro benzene ring substituents is 1. The number of halogens is 2. The van der Waals surface area contributed by atoms with Gasteiger partial charge in [-0.05, 0) is 46.9 Å². The molecule has 0 amide bonds. The van der Waals surface area contributed by atoms with E-state index in [1.54, 1.807) is 24.3 Å². The molecule has 0 atom stereocenters. The van der Waals surface area contributed by atoms with Crippen molar-refractivity contribution >= 4 is 74.0 Å². The second kappa shape index (κ2) is 5.70. The number of hydrogen-bond donors (Lipinski definition) is 1. The molecule has 0 bridgehead atoms. The van der Waals surface area contributed by atoms with E-state index in [-0.39, 0.29) is 5.69 Å². The number of nitrogens with zero attached hydrogens (tertiary/aromatic N) is 3. The average Bonchev–Trinajstić information content (AvgIpc) is 2.90. The highest BCUT2D eigenvalue weighted by atomic mass is 127. The molecule has 0 aliphatic rings. The third-order valence-electron chi connectivity index (χ3n) is 2.79. The zero-order chi connectivity index (χ0) is 15.0. The zero-order valence-electron chi connectivity index (χ0n) is 10.2. The van der Waals surface area contributed by atoms with E-state index >= 15 is 0 Å². The highest BCUT2D eigenvalue weighted by Crippen LogP contribution is 2.33. The minimum atomic E-state index is -0.413. The summed E-state index contributed by atoms with van der Waals surface area (Å²) in [6.45, 7) is 0. The molecule has 0 spiro atoms. The molecule has 0 aliphatic heterocycles. The second-order valence-electron chi connectivity index (χ2n) is 4.10. The smallest absolute Gasteiger partial charge is 0.282 e. The number of nitro groups is 1. The number of rotatable bonds is 3. The van der Waals surface area contributed by atoms with Gasteiger partial charge in [0.25, 0.3) is 5.69 Å².